The fourth-order valence-corrected chi connectivity index (χ4v) is 2.54. The highest BCUT2D eigenvalue weighted by Gasteiger charge is 2.18. The Balaban J connectivity index is 1.69. The van der Waals surface area contributed by atoms with Gasteiger partial charge in [0.2, 0.25) is 0 Å². The van der Waals surface area contributed by atoms with Crippen LogP contribution in [0.25, 0.3) is 10.8 Å². The van der Waals surface area contributed by atoms with Gasteiger partial charge in [0, 0.05) is 17.5 Å². The van der Waals surface area contributed by atoms with Crippen LogP contribution < -0.4 is 9.47 Å². The largest absolute Gasteiger partial charge is 0.489 e. The number of carboxylic acid groups (broad SMARTS) is 1. The highest BCUT2D eigenvalue weighted by Crippen LogP contribution is 2.28. The van der Waals surface area contributed by atoms with E-state index in [1.54, 1.807) is 0 Å². The molecule has 0 unspecified atom stereocenters. The molecule has 0 bridgehead atoms. The normalized spacial score (nSPS) is 10.5. The first kappa shape index (κ1) is 17.2. The molecule has 0 atom stereocenters. The summed E-state index contributed by atoms with van der Waals surface area (Å²) in [7, 11) is 0. The van der Waals surface area contributed by atoms with Crippen LogP contribution in [0.1, 0.15) is 10.4 Å². The zero-order valence-electron chi connectivity index (χ0n) is 13.6. The van der Waals surface area contributed by atoms with Crippen LogP contribution in [0, 0.1) is 10.1 Å². The molecule has 3 aromatic rings. The molecule has 0 aliphatic heterocycles. The molecule has 3 rings (SSSR count). The van der Waals surface area contributed by atoms with Crippen LogP contribution in [0.3, 0.4) is 0 Å². The first-order valence-corrected chi connectivity index (χ1v) is 7.81. The summed E-state index contributed by atoms with van der Waals surface area (Å²) in [6.07, 6.45) is 0. The van der Waals surface area contributed by atoms with Gasteiger partial charge in [-0.15, -0.1) is 0 Å². The number of fused-ring (bicyclic) bond motifs is 1. The minimum absolute atomic E-state index is 0.0349. The topological polar surface area (TPSA) is 98.9 Å². The van der Waals surface area contributed by atoms with E-state index in [0.717, 1.165) is 22.9 Å². The van der Waals surface area contributed by atoms with Crippen molar-refractivity contribution < 1.29 is 24.3 Å². The number of carboxylic acids is 1. The summed E-state index contributed by atoms with van der Waals surface area (Å²) in [5.41, 5.74) is -0.374. The number of hydrogen-bond donors (Lipinski definition) is 1. The number of aromatic carboxylic acids is 1. The molecule has 26 heavy (non-hydrogen) atoms. The van der Waals surface area contributed by atoms with Crippen molar-refractivity contribution in [1.82, 2.24) is 0 Å². The molecule has 0 saturated carbocycles. The second kappa shape index (κ2) is 7.52. The van der Waals surface area contributed by atoms with Crippen molar-refractivity contribution in [2.24, 2.45) is 0 Å². The molecule has 0 aliphatic rings. The Morgan fingerprint density at radius 2 is 1.65 bits per heavy atom. The van der Waals surface area contributed by atoms with Crippen LogP contribution in [-0.4, -0.2) is 29.2 Å². The number of nitrogens with zero attached hydrogens (tertiary/aromatic N) is 1. The molecule has 0 fully saturated rings. The fraction of sp³-hybridized carbons (Fsp3) is 0.105. The van der Waals surface area contributed by atoms with E-state index in [4.69, 9.17) is 14.6 Å². The van der Waals surface area contributed by atoms with E-state index in [1.807, 2.05) is 42.5 Å². The van der Waals surface area contributed by atoms with E-state index in [2.05, 4.69) is 0 Å². The molecule has 0 aromatic heterocycles. The molecule has 0 heterocycles. The van der Waals surface area contributed by atoms with Crippen LogP contribution in [0.5, 0.6) is 11.5 Å². The maximum Gasteiger partial charge on any atom is 0.335 e. The number of rotatable bonds is 7. The van der Waals surface area contributed by atoms with E-state index in [-0.39, 0.29) is 30.2 Å². The molecular weight excluding hydrogens is 338 g/mol. The van der Waals surface area contributed by atoms with Gasteiger partial charge in [-0.1, -0.05) is 36.4 Å². The lowest BCUT2D eigenvalue weighted by molar-refractivity contribution is -0.385. The Morgan fingerprint density at radius 1 is 0.962 bits per heavy atom. The molecule has 0 saturated heterocycles. The lowest BCUT2D eigenvalue weighted by atomic mass is 10.1. The van der Waals surface area contributed by atoms with Crippen molar-refractivity contribution in [2.75, 3.05) is 13.2 Å². The Bertz CT molecular complexity index is 964. The van der Waals surface area contributed by atoms with Crippen molar-refractivity contribution in [2.45, 2.75) is 0 Å². The number of ether oxygens (including phenoxy) is 2. The summed E-state index contributed by atoms with van der Waals surface area (Å²) in [6, 6.07) is 16.8. The fourth-order valence-electron chi connectivity index (χ4n) is 2.54. The van der Waals surface area contributed by atoms with E-state index in [9.17, 15) is 14.9 Å². The smallest absolute Gasteiger partial charge is 0.335 e. The summed E-state index contributed by atoms with van der Waals surface area (Å²) in [5.74, 6) is -0.603. The summed E-state index contributed by atoms with van der Waals surface area (Å²) in [5, 5.41) is 22.1. The van der Waals surface area contributed by atoms with Crippen molar-refractivity contribution in [3.8, 4) is 11.5 Å². The lowest BCUT2D eigenvalue weighted by Crippen LogP contribution is -2.10. The molecule has 132 valence electrons. The summed E-state index contributed by atoms with van der Waals surface area (Å²) < 4.78 is 11.1. The van der Waals surface area contributed by atoms with E-state index >= 15 is 0 Å². The van der Waals surface area contributed by atoms with Crippen LogP contribution in [0.2, 0.25) is 0 Å². The van der Waals surface area contributed by atoms with Gasteiger partial charge in [-0.05, 0) is 17.5 Å². The first-order chi connectivity index (χ1) is 12.6. The second-order valence-corrected chi connectivity index (χ2v) is 5.42. The van der Waals surface area contributed by atoms with E-state index in [1.165, 1.54) is 6.07 Å². The van der Waals surface area contributed by atoms with E-state index in [0.29, 0.717) is 5.75 Å². The predicted octanol–water partition coefficient (Wildman–Crippen LogP) is 3.90. The van der Waals surface area contributed by atoms with Crippen molar-refractivity contribution in [3.05, 3.63) is 76.3 Å². The molecule has 0 aliphatic carbocycles. The Kier molecular flexibility index (Phi) is 4.98. The monoisotopic (exact) mass is 353 g/mol. The minimum atomic E-state index is -1.18. The van der Waals surface area contributed by atoms with Gasteiger partial charge in [0.05, 0.1) is 10.5 Å². The van der Waals surface area contributed by atoms with Gasteiger partial charge < -0.3 is 14.6 Å². The second-order valence-electron chi connectivity index (χ2n) is 5.42. The van der Waals surface area contributed by atoms with Crippen LogP contribution in [0.15, 0.2) is 60.7 Å². The number of carbonyl (C=O) groups is 1. The van der Waals surface area contributed by atoms with Gasteiger partial charge in [0.25, 0.3) is 0 Å². The number of benzene rings is 3. The molecule has 7 nitrogen and oxygen atoms in total. The molecule has 0 radical (unpaired) electrons. The standard InChI is InChI=1S/C19H15NO6/c21-19(22)14-8-9-16(20(23)24)18(12-14)26-11-10-25-17-7-3-5-13-4-1-2-6-15(13)17/h1-9,12H,10-11H2,(H,21,22). The minimum Gasteiger partial charge on any atom is -0.489 e. The molecule has 0 amide bonds. The highest BCUT2D eigenvalue weighted by molar-refractivity contribution is 5.89. The Labute approximate surface area is 148 Å². The van der Waals surface area contributed by atoms with Crippen molar-refractivity contribution >= 4 is 22.4 Å². The lowest BCUT2D eigenvalue weighted by Gasteiger charge is -2.11. The van der Waals surface area contributed by atoms with Gasteiger partial charge in [-0.3, -0.25) is 10.1 Å². The third kappa shape index (κ3) is 3.72. The van der Waals surface area contributed by atoms with E-state index < -0.39 is 10.9 Å². The molecule has 1 N–H and O–H groups in total. The molecule has 7 heteroatoms. The van der Waals surface area contributed by atoms with Gasteiger partial charge in [-0.25, -0.2) is 4.79 Å². The summed E-state index contributed by atoms with van der Waals surface area (Å²) in [6.45, 7) is 0.190. The highest BCUT2D eigenvalue weighted by atomic mass is 16.6. The average molecular weight is 353 g/mol. The number of nitro benzene ring substituents is 1. The summed E-state index contributed by atoms with van der Waals surface area (Å²) >= 11 is 0. The predicted molar refractivity (Wildman–Crippen MR) is 95.0 cm³/mol. The Morgan fingerprint density at radius 3 is 2.38 bits per heavy atom. The van der Waals surface area contributed by atoms with Crippen molar-refractivity contribution in [1.29, 1.82) is 0 Å². The van der Waals surface area contributed by atoms with Gasteiger partial charge >= 0.3 is 11.7 Å². The maximum atomic E-state index is 11.1. The first-order valence-electron chi connectivity index (χ1n) is 7.81. The summed E-state index contributed by atoms with van der Waals surface area (Å²) in [4.78, 5) is 21.5. The molecular formula is C19H15NO6. The third-order valence-corrected chi connectivity index (χ3v) is 3.75. The van der Waals surface area contributed by atoms with Crippen molar-refractivity contribution in [3.63, 3.8) is 0 Å². The van der Waals surface area contributed by atoms with Crippen LogP contribution in [-0.2, 0) is 0 Å². The van der Waals surface area contributed by atoms with Gasteiger partial charge in [0.1, 0.15) is 19.0 Å². The quantitative estimate of drug-likeness (QED) is 0.393. The number of hydrogen-bond acceptors (Lipinski definition) is 5. The maximum absolute atomic E-state index is 11.1. The van der Waals surface area contributed by atoms with Crippen LogP contribution in [0.4, 0.5) is 5.69 Å². The Hall–Kier alpha value is -3.61. The van der Waals surface area contributed by atoms with Crippen LogP contribution >= 0.6 is 0 Å². The molecule has 0 spiro atoms. The zero-order chi connectivity index (χ0) is 18.5. The van der Waals surface area contributed by atoms with Gasteiger partial charge in [0.15, 0.2) is 5.75 Å². The van der Waals surface area contributed by atoms with Gasteiger partial charge in [-0.2, -0.15) is 0 Å². The SMILES string of the molecule is O=C(O)c1ccc([N+](=O)[O-])c(OCCOc2cccc3ccccc23)c1. The molecule has 3 aromatic carbocycles. The average Bonchev–Trinajstić information content (AvgIpc) is 2.65. The third-order valence-electron chi connectivity index (χ3n) is 3.75. The zero-order valence-corrected chi connectivity index (χ0v) is 13.6. The number of nitro groups is 1.